The first kappa shape index (κ1) is 22.9. The van der Waals surface area contributed by atoms with Crippen LogP contribution < -0.4 is 10.2 Å². The summed E-state index contributed by atoms with van der Waals surface area (Å²) in [6, 6.07) is 13.9. The van der Waals surface area contributed by atoms with E-state index >= 15 is 0 Å². The second-order valence-electron chi connectivity index (χ2n) is 9.24. The normalized spacial score (nSPS) is 17.8. The van der Waals surface area contributed by atoms with Gasteiger partial charge in [0.1, 0.15) is 11.6 Å². The second-order valence-corrected chi connectivity index (χ2v) is 9.64. The molecule has 31 heavy (non-hydrogen) atoms. The molecule has 1 aliphatic rings. The molecule has 1 amide bonds. The zero-order valence-corrected chi connectivity index (χ0v) is 19.8. The van der Waals surface area contributed by atoms with Gasteiger partial charge in [0.05, 0.1) is 0 Å². The maximum Gasteiger partial charge on any atom is 0.266 e. The van der Waals surface area contributed by atoms with E-state index in [4.69, 9.17) is 11.6 Å². The Morgan fingerprint density at radius 1 is 1.32 bits per heavy atom. The number of benzene rings is 2. The number of hydrogen-bond donors (Lipinski definition) is 1. The number of anilines is 2. The van der Waals surface area contributed by atoms with Gasteiger partial charge in [0, 0.05) is 28.0 Å². The lowest BCUT2D eigenvalue weighted by Gasteiger charge is -2.50. The highest BCUT2D eigenvalue weighted by Gasteiger charge is 2.37. The summed E-state index contributed by atoms with van der Waals surface area (Å²) >= 11 is 6.14. The number of fused-ring (bicyclic) bond motifs is 1. The van der Waals surface area contributed by atoms with Crippen LogP contribution >= 0.6 is 11.6 Å². The molecular formula is C26H30ClN3O. The number of rotatable bonds is 4. The first-order valence-corrected chi connectivity index (χ1v) is 11.0. The lowest BCUT2D eigenvalue weighted by atomic mass is 9.79. The number of nitrogens with one attached hydrogen (secondary N) is 1. The standard InChI is InChI=1S/C26H30ClN3O/c1-16(2)30-24-11-10-19(13-21(24)17(3)14-26(30,5)6)12-20(15-28)25(31)29-23-9-7-8-22(27)18(23)4/h7-13,16-17H,14H2,1-6H3,(H,29,31)/b20-12-/t17-/m1/s1. The maximum absolute atomic E-state index is 12.7. The highest BCUT2D eigenvalue weighted by molar-refractivity contribution is 6.31. The second kappa shape index (κ2) is 8.77. The van der Waals surface area contributed by atoms with Crippen LogP contribution in [0.25, 0.3) is 6.08 Å². The van der Waals surface area contributed by atoms with Crippen LogP contribution in [0.4, 0.5) is 11.4 Å². The summed E-state index contributed by atoms with van der Waals surface area (Å²) in [6.45, 7) is 13.1. The van der Waals surface area contributed by atoms with Gasteiger partial charge in [-0.25, -0.2) is 0 Å². The number of carbonyl (C=O) groups excluding carboxylic acids is 1. The number of halogens is 1. The minimum Gasteiger partial charge on any atom is -0.364 e. The van der Waals surface area contributed by atoms with Gasteiger partial charge in [0.25, 0.3) is 5.91 Å². The molecule has 0 saturated carbocycles. The summed E-state index contributed by atoms with van der Waals surface area (Å²) in [6.07, 6.45) is 2.70. The monoisotopic (exact) mass is 435 g/mol. The van der Waals surface area contributed by atoms with Crippen LogP contribution in [0.15, 0.2) is 42.0 Å². The molecule has 0 aromatic heterocycles. The number of nitrogens with zero attached hydrogens (tertiary/aromatic N) is 2. The van der Waals surface area contributed by atoms with Gasteiger partial charge >= 0.3 is 0 Å². The average Bonchev–Trinajstić information content (AvgIpc) is 2.68. The van der Waals surface area contributed by atoms with Crippen molar-refractivity contribution >= 4 is 35.0 Å². The zero-order chi connectivity index (χ0) is 22.9. The molecule has 2 aromatic rings. The number of carbonyl (C=O) groups is 1. The van der Waals surface area contributed by atoms with Crippen LogP contribution in [0.3, 0.4) is 0 Å². The Morgan fingerprint density at radius 2 is 2.03 bits per heavy atom. The van der Waals surface area contributed by atoms with Crippen molar-refractivity contribution in [2.24, 2.45) is 0 Å². The van der Waals surface area contributed by atoms with Crippen LogP contribution in [-0.2, 0) is 4.79 Å². The Kier molecular flexibility index (Phi) is 6.48. The van der Waals surface area contributed by atoms with Crippen molar-refractivity contribution in [1.29, 1.82) is 5.26 Å². The van der Waals surface area contributed by atoms with Crippen LogP contribution in [0.1, 0.15) is 63.6 Å². The minimum atomic E-state index is -0.441. The maximum atomic E-state index is 12.7. The summed E-state index contributed by atoms with van der Waals surface area (Å²) in [7, 11) is 0. The van der Waals surface area contributed by atoms with Crippen LogP contribution in [0, 0.1) is 18.3 Å². The lowest BCUT2D eigenvalue weighted by molar-refractivity contribution is -0.112. The average molecular weight is 436 g/mol. The summed E-state index contributed by atoms with van der Waals surface area (Å²) in [5, 5.41) is 13.0. The molecule has 1 atom stereocenters. The molecule has 0 bridgehead atoms. The van der Waals surface area contributed by atoms with Crippen LogP contribution in [0.5, 0.6) is 0 Å². The topological polar surface area (TPSA) is 56.1 Å². The van der Waals surface area contributed by atoms with Crippen molar-refractivity contribution in [3.63, 3.8) is 0 Å². The number of amides is 1. The van der Waals surface area contributed by atoms with Crippen molar-refractivity contribution in [1.82, 2.24) is 0 Å². The van der Waals surface area contributed by atoms with Crippen LogP contribution in [0.2, 0.25) is 5.02 Å². The number of hydrogen-bond acceptors (Lipinski definition) is 3. The Morgan fingerprint density at radius 3 is 2.68 bits per heavy atom. The molecule has 162 valence electrons. The third kappa shape index (κ3) is 4.62. The molecule has 0 saturated heterocycles. The summed E-state index contributed by atoms with van der Waals surface area (Å²) in [4.78, 5) is 15.2. The highest BCUT2D eigenvalue weighted by Crippen LogP contribution is 2.44. The Labute approximate surface area is 190 Å². The molecule has 1 N–H and O–H groups in total. The van der Waals surface area contributed by atoms with Crippen molar-refractivity contribution in [3.05, 3.63) is 63.7 Å². The molecule has 3 rings (SSSR count). The molecule has 1 heterocycles. The quantitative estimate of drug-likeness (QED) is 0.429. The molecular weight excluding hydrogens is 406 g/mol. The first-order chi connectivity index (χ1) is 14.5. The van der Waals surface area contributed by atoms with Crippen molar-refractivity contribution in [2.75, 3.05) is 10.2 Å². The fourth-order valence-corrected chi connectivity index (χ4v) is 4.96. The predicted molar refractivity (Wildman–Crippen MR) is 130 cm³/mol. The van der Waals surface area contributed by atoms with E-state index in [0.717, 1.165) is 17.5 Å². The Balaban J connectivity index is 1.94. The summed E-state index contributed by atoms with van der Waals surface area (Å²) in [5.41, 5.74) is 4.84. The SMILES string of the molecule is Cc1c(Cl)cccc1NC(=O)/C(C#N)=C\c1ccc2c(c1)[C@H](C)CC(C)(C)N2C(C)C. The zero-order valence-electron chi connectivity index (χ0n) is 19.1. The Hall–Kier alpha value is -2.77. The van der Waals surface area contributed by atoms with E-state index in [2.05, 4.69) is 57.0 Å². The minimum absolute atomic E-state index is 0.0591. The van der Waals surface area contributed by atoms with Crippen molar-refractivity contribution in [3.8, 4) is 6.07 Å². The lowest BCUT2D eigenvalue weighted by Crippen LogP contribution is -2.51. The van der Waals surface area contributed by atoms with Gasteiger partial charge in [-0.3, -0.25) is 4.79 Å². The smallest absolute Gasteiger partial charge is 0.266 e. The van der Waals surface area contributed by atoms with Gasteiger partial charge < -0.3 is 10.2 Å². The third-order valence-electron chi connectivity index (χ3n) is 6.01. The van der Waals surface area contributed by atoms with E-state index in [1.54, 1.807) is 24.3 Å². The summed E-state index contributed by atoms with van der Waals surface area (Å²) < 4.78 is 0. The molecule has 2 aromatic carbocycles. The van der Waals surface area contributed by atoms with Crippen molar-refractivity contribution < 1.29 is 4.79 Å². The molecule has 0 spiro atoms. The summed E-state index contributed by atoms with van der Waals surface area (Å²) in [5.74, 6) is -0.0506. The largest absolute Gasteiger partial charge is 0.364 e. The van der Waals surface area contributed by atoms with Gasteiger partial charge in [-0.1, -0.05) is 30.7 Å². The molecule has 4 nitrogen and oxygen atoms in total. The van der Waals surface area contributed by atoms with Crippen molar-refractivity contribution in [2.45, 2.75) is 65.5 Å². The highest BCUT2D eigenvalue weighted by atomic mass is 35.5. The fraction of sp³-hybridized carbons (Fsp3) is 0.385. The molecule has 0 fully saturated rings. The van der Waals surface area contributed by atoms with Gasteiger partial charge in [-0.05, 0) is 94.0 Å². The molecule has 0 aliphatic carbocycles. The van der Waals surface area contributed by atoms with E-state index in [-0.39, 0.29) is 11.1 Å². The molecule has 0 radical (unpaired) electrons. The van der Waals surface area contributed by atoms with Gasteiger partial charge in [-0.2, -0.15) is 5.26 Å². The molecule has 5 heteroatoms. The van der Waals surface area contributed by atoms with Gasteiger partial charge in [0.15, 0.2) is 0 Å². The van der Waals surface area contributed by atoms with Gasteiger partial charge in [-0.15, -0.1) is 0 Å². The molecule has 0 unspecified atom stereocenters. The van der Waals surface area contributed by atoms with E-state index in [1.807, 2.05) is 19.1 Å². The first-order valence-electron chi connectivity index (χ1n) is 10.7. The Bertz CT molecular complexity index is 1080. The van der Waals surface area contributed by atoms with E-state index < -0.39 is 5.91 Å². The van der Waals surface area contributed by atoms with Gasteiger partial charge in [0.2, 0.25) is 0 Å². The fourth-order valence-electron chi connectivity index (χ4n) is 4.79. The predicted octanol–water partition coefficient (Wildman–Crippen LogP) is 6.69. The van der Waals surface area contributed by atoms with Crippen LogP contribution in [-0.4, -0.2) is 17.5 Å². The van der Waals surface area contributed by atoms with E-state index in [1.165, 1.54) is 11.3 Å². The van der Waals surface area contributed by atoms with E-state index in [9.17, 15) is 10.1 Å². The third-order valence-corrected chi connectivity index (χ3v) is 6.42. The van der Waals surface area contributed by atoms with E-state index in [0.29, 0.717) is 22.7 Å². The number of nitriles is 1. The molecule has 1 aliphatic heterocycles.